The van der Waals surface area contributed by atoms with E-state index < -0.39 is 0 Å². The summed E-state index contributed by atoms with van der Waals surface area (Å²) >= 11 is 5.84. The molecule has 3 nitrogen and oxygen atoms in total. The number of benzene rings is 1. The highest BCUT2D eigenvalue weighted by atomic mass is 35.5. The number of nitrogens with two attached hydrogens (primary N) is 1. The number of hydrogen-bond acceptors (Lipinski definition) is 3. The van der Waals surface area contributed by atoms with E-state index in [1.807, 2.05) is 0 Å². The quantitative estimate of drug-likeness (QED) is 0.720. The lowest BCUT2D eigenvalue weighted by atomic mass is 10.0. The molecule has 1 aromatic carbocycles. The van der Waals surface area contributed by atoms with Gasteiger partial charge in [-0.15, -0.1) is 0 Å². The van der Waals surface area contributed by atoms with Gasteiger partial charge in [0.1, 0.15) is 5.75 Å². The van der Waals surface area contributed by atoms with Crippen LogP contribution in [0.5, 0.6) is 5.75 Å². The van der Waals surface area contributed by atoms with Gasteiger partial charge in [-0.3, -0.25) is 0 Å². The van der Waals surface area contributed by atoms with Crippen molar-refractivity contribution in [2.45, 2.75) is 19.4 Å². The number of aliphatic hydroxyl groups is 1. The van der Waals surface area contributed by atoms with Crippen molar-refractivity contribution >= 4 is 11.6 Å². The van der Waals surface area contributed by atoms with Crippen LogP contribution in [-0.4, -0.2) is 16.8 Å². The SMILES string of the molecule is Cc1cc(Cl)cc(C(N)CCO)c1O. The Morgan fingerprint density at radius 3 is 2.71 bits per heavy atom. The van der Waals surface area contributed by atoms with Crippen molar-refractivity contribution in [1.82, 2.24) is 0 Å². The summed E-state index contributed by atoms with van der Waals surface area (Å²) in [7, 11) is 0. The lowest BCUT2D eigenvalue weighted by molar-refractivity contribution is 0.275. The third-order valence-electron chi connectivity index (χ3n) is 2.13. The van der Waals surface area contributed by atoms with Crippen LogP contribution in [0, 0.1) is 6.92 Å². The second-order valence-electron chi connectivity index (χ2n) is 3.28. The Bertz CT molecular complexity index is 328. The number of phenolic OH excluding ortho intramolecular Hbond substituents is 1. The maximum atomic E-state index is 9.70. The van der Waals surface area contributed by atoms with Crippen LogP contribution in [0.15, 0.2) is 12.1 Å². The fourth-order valence-corrected chi connectivity index (χ4v) is 1.62. The lowest BCUT2D eigenvalue weighted by Crippen LogP contribution is -2.12. The molecule has 0 radical (unpaired) electrons. The molecule has 1 aromatic rings. The topological polar surface area (TPSA) is 66.5 Å². The van der Waals surface area contributed by atoms with E-state index in [-0.39, 0.29) is 18.4 Å². The summed E-state index contributed by atoms with van der Waals surface area (Å²) in [6, 6.07) is 2.92. The second kappa shape index (κ2) is 4.64. The van der Waals surface area contributed by atoms with E-state index in [9.17, 15) is 5.11 Å². The first-order valence-electron chi connectivity index (χ1n) is 4.41. The first kappa shape index (κ1) is 11.3. The number of rotatable bonds is 3. The van der Waals surface area contributed by atoms with Gasteiger partial charge in [0.2, 0.25) is 0 Å². The van der Waals surface area contributed by atoms with Crippen LogP contribution in [0.2, 0.25) is 5.02 Å². The van der Waals surface area contributed by atoms with Gasteiger partial charge in [0.05, 0.1) is 0 Å². The summed E-state index contributed by atoms with van der Waals surface area (Å²) in [6.45, 7) is 1.75. The first-order valence-corrected chi connectivity index (χ1v) is 4.79. The molecular weight excluding hydrogens is 202 g/mol. The van der Waals surface area contributed by atoms with E-state index in [1.54, 1.807) is 19.1 Å². The molecule has 1 rings (SSSR count). The van der Waals surface area contributed by atoms with Gasteiger partial charge in [-0.25, -0.2) is 0 Å². The highest BCUT2D eigenvalue weighted by molar-refractivity contribution is 6.30. The van der Waals surface area contributed by atoms with Crippen molar-refractivity contribution in [2.24, 2.45) is 5.73 Å². The number of aromatic hydroxyl groups is 1. The predicted octanol–water partition coefficient (Wildman–Crippen LogP) is 1.74. The summed E-state index contributed by atoms with van der Waals surface area (Å²) in [6.07, 6.45) is 0.410. The summed E-state index contributed by atoms with van der Waals surface area (Å²) in [5.41, 5.74) is 7.05. The maximum Gasteiger partial charge on any atom is 0.123 e. The smallest absolute Gasteiger partial charge is 0.123 e. The molecule has 0 saturated heterocycles. The molecule has 0 saturated carbocycles. The molecule has 0 aliphatic heterocycles. The third kappa shape index (κ3) is 2.38. The standard InChI is InChI=1S/C10H14ClNO2/c1-6-4-7(11)5-8(10(6)14)9(12)2-3-13/h4-5,9,13-14H,2-3,12H2,1H3. The van der Waals surface area contributed by atoms with Crippen molar-refractivity contribution in [3.8, 4) is 5.75 Å². The van der Waals surface area contributed by atoms with Gasteiger partial charge < -0.3 is 15.9 Å². The Kier molecular flexibility index (Phi) is 3.75. The zero-order valence-corrected chi connectivity index (χ0v) is 8.75. The maximum absolute atomic E-state index is 9.70. The molecule has 78 valence electrons. The highest BCUT2D eigenvalue weighted by Crippen LogP contribution is 2.31. The van der Waals surface area contributed by atoms with E-state index >= 15 is 0 Å². The van der Waals surface area contributed by atoms with Crippen LogP contribution in [0.3, 0.4) is 0 Å². The van der Waals surface area contributed by atoms with Crippen LogP contribution in [0.4, 0.5) is 0 Å². The van der Waals surface area contributed by atoms with Crippen LogP contribution in [-0.2, 0) is 0 Å². The molecule has 4 N–H and O–H groups in total. The van der Waals surface area contributed by atoms with Gasteiger partial charge in [0, 0.05) is 23.2 Å². The molecule has 1 atom stereocenters. The Morgan fingerprint density at radius 1 is 1.50 bits per heavy atom. The molecule has 0 fully saturated rings. The molecular formula is C10H14ClNO2. The zero-order valence-electron chi connectivity index (χ0n) is 8.00. The number of aliphatic hydroxyl groups excluding tert-OH is 1. The molecule has 0 amide bonds. The number of phenols is 1. The van der Waals surface area contributed by atoms with Crippen LogP contribution < -0.4 is 5.73 Å². The molecule has 0 aliphatic rings. The van der Waals surface area contributed by atoms with E-state index in [4.69, 9.17) is 22.4 Å². The minimum Gasteiger partial charge on any atom is -0.507 e. The van der Waals surface area contributed by atoms with Gasteiger partial charge in [-0.2, -0.15) is 0 Å². The van der Waals surface area contributed by atoms with Gasteiger partial charge in [0.25, 0.3) is 0 Å². The minimum atomic E-state index is -0.377. The monoisotopic (exact) mass is 215 g/mol. The summed E-state index contributed by atoms with van der Waals surface area (Å²) < 4.78 is 0. The Morgan fingerprint density at radius 2 is 2.14 bits per heavy atom. The van der Waals surface area contributed by atoms with Crippen molar-refractivity contribution < 1.29 is 10.2 Å². The zero-order chi connectivity index (χ0) is 10.7. The predicted molar refractivity (Wildman–Crippen MR) is 56.5 cm³/mol. The number of halogens is 1. The van der Waals surface area contributed by atoms with E-state index in [0.717, 1.165) is 0 Å². The summed E-state index contributed by atoms with van der Waals surface area (Å²) in [5, 5.41) is 19.0. The molecule has 14 heavy (non-hydrogen) atoms. The number of hydrogen-bond donors (Lipinski definition) is 3. The largest absolute Gasteiger partial charge is 0.507 e. The molecule has 0 aromatic heterocycles. The normalized spacial score (nSPS) is 12.9. The third-order valence-corrected chi connectivity index (χ3v) is 2.35. The van der Waals surface area contributed by atoms with Crippen LogP contribution in [0.1, 0.15) is 23.6 Å². The van der Waals surface area contributed by atoms with E-state index in [1.165, 1.54) is 0 Å². The van der Waals surface area contributed by atoms with Gasteiger partial charge in [0.15, 0.2) is 0 Å². The minimum absolute atomic E-state index is 0.00777. The second-order valence-corrected chi connectivity index (χ2v) is 3.72. The van der Waals surface area contributed by atoms with Gasteiger partial charge >= 0.3 is 0 Å². The van der Waals surface area contributed by atoms with Gasteiger partial charge in [-0.1, -0.05) is 11.6 Å². The molecule has 0 bridgehead atoms. The molecule has 0 heterocycles. The molecule has 0 spiro atoms. The fourth-order valence-electron chi connectivity index (χ4n) is 1.34. The summed E-state index contributed by atoms with van der Waals surface area (Å²) in [5.74, 6) is 0.162. The van der Waals surface area contributed by atoms with Crippen molar-refractivity contribution in [3.05, 3.63) is 28.3 Å². The van der Waals surface area contributed by atoms with Crippen LogP contribution in [0.25, 0.3) is 0 Å². The Labute approximate surface area is 88.1 Å². The van der Waals surface area contributed by atoms with Crippen molar-refractivity contribution in [3.63, 3.8) is 0 Å². The Hall–Kier alpha value is -0.770. The van der Waals surface area contributed by atoms with Crippen molar-refractivity contribution in [2.75, 3.05) is 6.61 Å². The molecule has 1 unspecified atom stereocenters. The number of aryl methyl sites for hydroxylation is 1. The average molecular weight is 216 g/mol. The fraction of sp³-hybridized carbons (Fsp3) is 0.400. The summed E-state index contributed by atoms with van der Waals surface area (Å²) in [4.78, 5) is 0. The molecule has 4 heteroatoms. The Balaban J connectivity index is 3.07. The van der Waals surface area contributed by atoms with Gasteiger partial charge in [-0.05, 0) is 31.0 Å². The van der Waals surface area contributed by atoms with E-state index in [2.05, 4.69) is 0 Å². The average Bonchev–Trinajstić information content (AvgIpc) is 2.11. The first-order chi connectivity index (χ1) is 6.56. The van der Waals surface area contributed by atoms with Crippen molar-refractivity contribution in [1.29, 1.82) is 0 Å². The lowest BCUT2D eigenvalue weighted by Gasteiger charge is -2.14. The molecule has 0 aliphatic carbocycles. The highest BCUT2D eigenvalue weighted by Gasteiger charge is 2.13. The van der Waals surface area contributed by atoms with E-state index in [0.29, 0.717) is 22.6 Å². The van der Waals surface area contributed by atoms with Crippen LogP contribution >= 0.6 is 11.6 Å².